The number of aryl methyl sites for hydroxylation is 1. The first-order valence-corrected chi connectivity index (χ1v) is 7.95. The predicted octanol–water partition coefficient (Wildman–Crippen LogP) is 4.90. The molecule has 0 spiro atoms. The van der Waals surface area contributed by atoms with Crippen LogP contribution in [0.4, 0.5) is 10.8 Å². The molecule has 1 aromatic carbocycles. The van der Waals surface area contributed by atoms with Crippen LogP contribution in [-0.4, -0.2) is 9.97 Å². The average Bonchev–Trinajstić information content (AvgIpc) is 2.99. The summed E-state index contributed by atoms with van der Waals surface area (Å²) in [6, 6.07) is 12.5. The van der Waals surface area contributed by atoms with Crippen molar-refractivity contribution >= 4 is 22.2 Å². The van der Waals surface area contributed by atoms with E-state index in [1.165, 1.54) is 12.0 Å². The molecule has 0 aliphatic heterocycles. The lowest BCUT2D eigenvalue weighted by molar-refractivity contribution is 0.922. The number of rotatable bonds is 5. The second-order valence-corrected chi connectivity index (χ2v) is 5.70. The smallest absolute Gasteiger partial charge is 0.187 e. The van der Waals surface area contributed by atoms with Crippen molar-refractivity contribution in [3.05, 3.63) is 59.7 Å². The van der Waals surface area contributed by atoms with Gasteiger partial charge in [-0.25, -0.2) is 4.98 Å². The zero-order valence-electron chi connectivity index (χ0n) is 11.9. The highest BCUT2D eigenvalue weighted by Crippen LogP contribution is 2.26. The Morgan fingerprint density at radius 3 is 2.52 bits per heavy atom. The van der Waals surface area contributed by atoms with Crippen molar-refractivity contribution in [1.82, 2.24) is 9.97 Å². The summed E-state index contributed by atoms with van der Waals surface area (Å²) < 4.78 is 0. The summed E-state index contributed by atoms with van der Waals surface area (Å²) in [5.41, 5.74) is 4.52. The molecule has 0 bridgehead atoms. The van der Waals surface area contributed by atoms with Gasteiger partial charge >= 0.3 is 0 Å². The number of hydrogen-bond acceptors (Lipinski definition) is 4. The van der Waals surface area contributed by atoms with Gasteiger partial charge in [0.1, 0.15) is 0 Å². The Bertz CT molecular complexity index is 690. The maximum absolute atomic E-state index is 4.61. The van der Waals surface area contributed by atoms with Crippen LogP contribution < -0.4 is 5.32 Å². The second-order valence-electron chi connectivity index (χ2n) is 4.85. The lowest BCUT2D eigenvalue weighted by Crippen LogP contribution is -1.90. The Labute approximate surface area is 128 Å². The minimum atomic E-state index is 0.907. The highest BCUT2D eigenvalue weighted by molar-refractivity contribution is 7.14. The fourth-order valence-corrected chi connectivity index (χ4v) is 2.89. The molecule has 1 N–H and O–H groups in total. The summed E-state index contributed by atoms with van der Waals surface area (Å²) in [7, 11) is 0. The van der Waals surface area contributed by atoms with E-state index in [0.717, 1.165) is 28.5 Å². The first-order chi connectivity index (χ1) is 10.3. The first kappa shape index (κ1) is 13.8. The standard InChI is InChI=1S/C17H17N3S/c1-2-3-13-4-6-15(7-5-13)19-17-20-16(12-21-17)14-8-10-18-11-9-14/h4-12H,2-3H2,1H3,(H,19,20). The van der Waals surface area contributed by atoms with E-state index in [4.69, 9.17) is 0 Å². The zero-order chi connectivity index (χ0) is 14.5. The summed E-state index contributed by atoms with van der Waals surface area (Å²) in [6.07, 6.45) is 5.88. The van der Waals surface area contributed by atoms with Gasteiger partial charge in [0.2, 0.25) is 0 Å². The summed E-state index contributed by atoms with van der Waals surface area (Å²) in [5, 5.41) is 6.32. The summed E-state index contributed by atoms with van der Waals surface area (Å²) in [4.78, 5) is 8.64. The minimum absolute atomic E-state index is 0.907. The van der Waals surface area contributed by atoms with E-state index in [9.17, 15) is 0 Å². The van der Waals surface area contributed by atoms with Crippen molar-refractivity contribution in [2.75, 3.05) is 5.32 Å². The molecule has 0 saturated heterocycles. The van der Waals surface area contributed by atoms with Gasteiger partial charge in [0, 0.05) is 29.0 Å². The van der Waals surface area contributed by atoms with E-state index >= 15 is 0 Å². The molecule has 0 aliphatic rings. The highest BCUT2D eigenvalue weighted by atomic mass is 32.1. The van der Waals surface area contributed by atoms with Gasteiger partial charge in [-0.15, -0.1) is 11.3 Å². The monoisotopic (exact) mass is 295 g/mol. The molecule has 3 nitrogen and oxygen atoms in total. The summed E-state index contributed by atoms with van der Waals surface area (Å²) >= 11 is 1.61. The molecule has 0 aliphatic carbocycles. The van der Waals surface area contributed by atoms with Crippen LogP contribution in [-0.2, 0) is 6.42 Å². The molecule has 4 heteroatoms. The number of aromatic nitrogens is 2. The Kier molecular flexibility index (Phi) is 4.26. The molecule has 21 heavy (non-hydrogen) atoms. The maximum Gasteiger partial charge on any atom is 0.187 e. The number of benzene rings is 1. The molecule has 3 rings (SSSR count). The molecular weight excluding hydrogens is 278 g/mol. The van der Waals surface area contributed by atoms with Crippen LogP contribution in [0.25, 0.3) is 11.3 Å². The van der Waals surface area contributed by atoms with Gasteiger partial charge < -0.3 is 5.32 Å². The number of pyridine rings is 1. The molecule has 3 aromatic rings. The second kappa shape index (κ2) is 6.50. The largest absolute Gasteiger partial charge is 0.332 e. The number of hydrogen-bond donors (Lipinski definition) is 1. The summed E-state index contributed by atoms with van der Waals surface area (Å²) in [6.45, 7) is 2.20. The van der Waals surface area contributed by atoms with Crippen molar-refractivity contribution < 1.29 is 0 Å². The molecule has 0 amide bonds. The summed E-state index contributed by atoms with van der Waals surface area (Å²) in [5.74, 6) is 0. The van der Waals surface area contributed by atoms with Gasteiger partial charge in [-0.05, 0) is 36.2 Å². The quantitative estimate of drug-likeness (QED) is 0.727. The van der Waals surface area contributed by atoms with Crippen molar-refractivity contribution in [2.45, 2.75) is 19.8 Å². The van der Waals surface area contributed by atoms with E-state index in [2.05, 4.69) is 51.9 Å². The van der Waals surface area contributed by atoms with Crippen LogP contribution >= 0.6 is 11.3 Å². The van der Waals surface area contributed by atoms with Crippen LogP contribution in [0.2, 0.25) is 0 Å². The third-order valence-corrected chi connectivity index (χ3v) is 3.98. The molecule has 0 atom stereocenters. The van der Waals surface area contributed by atoms with E-state index < -0.39 is 0 Å². The van der Waals surface area contributed by atoms with Crippen LogP contribution in [0.5, 0.6) is 0 Å². The highest BCUT2D eigenvalue weighted by Gasteiger charge is 2.04. The van der Waals surface area contributed by atoms with Crippen molar-refractivity contribution in [1.29, 1.82) is 0 Å². The lowest BCUT2D eigenvalue weighted by atomic mass is 10.1. The third kappa shape index (κ3) is 3.47. The zero-order valence-corrected chi connectivity index (χ0v) is 12.7. The Morgan fingerprint density at radius 1 is 1.05 bits per heavy atom. The van der Waals surface area contributed by atoms with E-state index in [1.54, 1.807) is 23.7 Å². The van der Waals surface area contributed by atoms with Crippen molar-refractivity contribution in [2.24, 2.45) is 0 Å². The van der Waals surface area contributed by atoms with Gasteiger partial charge in [-0.3, -0.25) is 4.98 Å². The molecule has 106 valence electrons. The van der Waals surface area contributed by atoms with Gasteiger partial charge in [0.15, 0.2) is 5.13 Å². The van der Waals surface area contributed by atoms with Crippen LogP contribution in [0.15, 0.2) is 54.2 Å². The van der Waals surface area contributed by atoms with Crippen molar-refractivity contribution in [3.8, 4) is 11.3 Å². The third-order valence-electron chi connectivity index (χ3n) is 3.22. The van der Waals surface area contributed by atoms with E-state index in [0.29, 0.717) is 0 Å². The van der Waals surface area contributed by atoms with Gasteiger partial charge in [-0.1, -0.05) is 25.5 Å². The lowest BCUT2D eigenvalue weighted by Gasteiger charge is -2.04. The topological polar surface area (TPSA) is 37.8 Å². The average molecular weight is 295 g/mol. The van der Waals surface area contributed by atoms with E-state index in [-0.39, 0.29) is 0 Å². The Hall–Kier alpha value is -2.20. The molecule has 2 heterocycles. The van der Waals surface area contributed by atoms with Gasteiger partial charge in [0.05, 0.1) is 5.69 Å². The van der Waals surface area contributed by atoms with Crippen LogP contribution in [0, 0.1) is 0 Å². The predicted molar refractivity (Wildman–Crippen MR) is 89.1 cm³/mol. The fourth-order valence-electron chi connectivity index (χ4n) is 2.15. The SMILES string of the molecule is CCCc1ccc(Nc2nc(-c3ccncc3)cs2)cc1. The van der Waals surface area contributed by atoms with Gasteiger partial charge in [-0.2, -0.15) is 0 Å². The number of nitrogens with one attached hydrogen (secondary N) is 1. The normalized spacial score (nSPS) is 10.5. The molecule has 2 aromatic heterocycles. The molecule has 0 fully saturated rings. The first-order valence-electron chi connectivity index (χ1n) is 7.07. The maximum atomic E-state index is 4.61. The number of thiazole rings is 1. The fraction of sp³-hybridized carbons (Fsp3) is 0.176. The molecular formula is C17H17N3S. The van der Waals surface area contributed by atoms with Gasteiger partial charge in [0.25, 0.3) is 0 Å². The number of nitrogens with zero attached hydrogens (tertiary/aromatic N) is 2. The van der Waals surface area contributed by atoms with E-state index in [1.807, 2.05) is 12.1 Å². The van der Waals surface area contributed by atoms with Crippen molar-refractivity contribution in [3.63, 3.8) is 0 Å². The Balaban J connectivity index is 1.72. The molecule has 0 radical (unpaired) electrons. The van der Waals surface area contributed by atoms with Crippen LogP contribution in [0.3, 0.4) is 0 Å². The van der Waals surface area contributed by atoms with Crippen LogP contribution in [0.1, 0.15) is 18.9 Å². The minimum Gasteiger partial charge on any atom is -0.332 e. The molecule has 0 saturated carbocycles. The molecule has 0 unspecified atom stereocenters. The number of anilines is 2. The Morgan fingerprint density at radius 2 is 1.81 bits per heavy atom.